The van der Waals surface area contributed by atoms with Crippen LogP contribution in [0.5, 0.6) is 5.75 Å². The number of benzene rings is 1. The fourth-order valence-electron chi connectivity index (χ4n) is 2.49. The normalized spacial score (nSPS) is 17.3. The quantitative estimate of drug-likeness (QED) is 0.832. The van der Waals surface area contributed by atoms with Crippen LogP contribution in [-0.2, 0) is 0 Å². The van der Waals surface area contributed by atoms with Crippen molar-refractivity contribution in [3.63, 3.8) is 0 Å². The van der Waals surface area contributed by atoms with Crippen molar-refractivity contribution in [2.24, 2.45) is 5.92 Å². The Balaban J connectivity index is 2.18. The van der Waals surface area contributed by atoms with Crippen molar-refractivity contribution in [1.29, 1.82) is 0 Å². The van der Waals surface area contributed by atoms with E-state index in [4.69, 9.17) is 4.74 Å². The molecule has 1 saturated carbocycles. The lowest BCUT2D eigenvalue weighted by Crippen LogP contribution is -2.33. The molecule has 0 saturated heterocycles. The van der Waals surface area contributed by atoms with Crippen molar-refractivity contribution >= 4 is 0 Å². The number of ether oxygens (including phenoxy) is 1. The molecule has 2 rings (SSSR count). The van der Waals surface area contributed by atoms with E-state index in [9.17, 15) is 4.39 Å². The first-order chi connectivity index (χ1) is 8.76. The standard InChI is InChI=1S/C15H22FNO/c1-3-9-17-15(11-5-4-6-11)13-8-7-12(18-2)10-14(13)16/h7-8,10-11,15,17H,3-6,9H2,1-2H3. The van der Waals surface area contributed by atoms with E-state index in [0.717, 1.165) is 18.5 Å². The maximum absolute atomic E-state index is 14.1. The Morgan fingerprint density at radius 3 is 2.72 bits per heavy atom. The first-order valence-corrected chi connectivity index (χ1v) is 6.83. The van der Waals surface area contributed by atoms with Crippen LogP contribution in [0.25, 0.3) is 0 Å². The Bertz CT molecular complexity index is 390. The maximum Gasteiger partial charge on any atom is 0.131 e. The first-order valence-electron chi connectivity index (χ1n) is 6.83. The van der Waals surface area contributed by atoms with Crippen LogP contribution in [0.2, 0.25) is 0 Å². The number of nitrogens with one attached hydrogen (secondary N) is 1. The predicted octanol–water partition coefficient (Wildman–Crippen LogP) is 3.68. The van der Waals surface area contributed by atoms with Gasteiger partial charge in [0.25, 0.3) is 0 Å². The van der Waals surface area contributed by atoms with Gasteiger partial charge < -0.3 is 10.1 Å². The molecule has 100 valence electrons. The van der Waals surface area contributed by atoms with Crippen molar-refractivity contribution in [3.05, 3.63) is 29.6 Å². The van der Waals surface area contributed by atoms with Gasteiger partial charge in [-0.05, 0) is 37.8 Å². The minimum atomic E-state index is -0.158. The van der Waals surface area contributed by atoms with Gasteiger partial charge in [0, 0.05) is 17.7 Å². The summed E-state index contributed by atoms with van der Waals surface area (Å²) in [5.74, 6) is 1.01. The number of rotatable bonds is 6. The van der Waals surface area contributed by atoms with E-state index in [2.05, 4.69) is 12.2 Å². The monoisotopic (exact) mass is 251 g/mol. The van der Waals surface area contributed by atoms with Crippen molar-refractivity contribution in [1.82, 2.24) is 5.32 Å². The summed E-state index contributed by atoms with van der Waals surface area (Å²) in [6, 6.07) is 5.34. The minimum Gasteiger partial charge on any atom is -0.497 e. The lowest BCUT2D eigenvalue weighted by atomic mass is 9.77. The average Bonchev–Trinajstić information content (AvgIpc) is 2.32. The summed E-state index contributed by atoms with van der Waals surface area (Å²) in [4.78, 5) is 0. The molecule has 1 atom stereocenters. The molecule has 3 heteroatoms. The summed E-state index contributed by atoms with van der Waals surface area (Å²) >= 11 is 0. The molecule has 0 heterocycles. The highest BCUT2D eigenvalue weighted by Gasteiger charge is 2.29. The molecular formula is C15H22FNO. The average molecular weight is 251 g/mol. The third-order valence-electron chi connectivity index (χ3n) is 3.78. The number of hydrogen-bond acceptors (Lipinski definition) is 2. The van der Waals surface area contributed by atoms with Gasteiger partial charge in [-0.1, -0.05) is 19.4 Å². The second kappa shape index (κ2) is 6.19. The van der Waals surface area contributed by atoms with Crippen molar-refractivity contribution in [3.8, 4) is 5.75 Å². The fraction of sp³-hybridized carbons (Fsp3) is 0.600. The molecule has 1 N–H and O–H groups in total. The summed E-state index contributed by atoms with van der Waals surface area (Å²) in [5, 5.41) is 3.49. The molecule has 0 amide bonds. The van der Waals surface area contributed by atoms with E-state index in [1.165, 1.54) is 25.3 Å². The Hall–Kier alpha value is -1.09. The van der Waals surface area contributed by atoms with Crippen LogP contribution in [0.3, 0.4) is 0 Å². The van der Waals surface area contributed by atoms with E-state index in [-0.39, 0.29) is 11.9 Å². The van der Waals surface area contributed by atoms with Crippen molar-refractivity contribution in [2.75, 3.05) is 13.7 Å². The summed E-state index contributed by atoms with van der Waals surface area (Å²) in [7, 11) is 1.56. The number of halogens is 1. The predicted molar refractivity (Wildman–Crippen MR) is 71.3 cm³/mol. The molecule has 0 radical (unpaired) electrons. The maximum atomic E-state index is 14.1. The van der Waals surface area contributed by atoms with E-state index in [1.54, 1.807) is 7.11 Å². The minimum absolute atomic E-state index is 0.157. The molecule has 1 unspecified atom stereocenters. The van der Waals surface area contributed by atoms with Crippen LogP contribution in [0, 0.1) is 11.7 Å². The smallest absolute Gasteiger partial charge is 0.131 e. The van der Waals surface area contributed by atoms with E-state index >= 15 is 0 Å². The van der Waals surface area contributed by atoms with Gasteiger partial charge >= 0.3 is 0 Å². The third-order valence-corrected chi connectivity index (χ3v) is 3.78. The van der Waals surface area contributed by atoms with Gasteiger partial charge in [-0.25, -0.2) is 4.39 Å². The van der Waals surface area contributed by atoms with Gasteiger partial charge in [-0.15, -0.1) is 0 Å². The summed E-state index contributed by atoms with van der Waals surface area (Å²) in [6.45, 7) is 3.07. The molecular weight excluding hydrogens is 229 g/mol. The Morgan fingerprint density at radius 1 is 1.44 bits per heavy atom. The van der Waals surface area contributed by atoms with Gasteiger partial charge in [0.15, 0.2) is 0 Å². The second-order valence-electron chi connectivity index (χ2n) is 5.01. The van der Waals surface area contributed by atoms with Gasteiger partial charge in [0.05, 0.1) is 7.11 Å². The Morgan fingerprint density at radius 2 is 2.22 bits per heavy atom. The van der Waals surface area contributed by atoms with Crippen molar-refractivity contribution < 1.29 is 9.13 Å². The van der Waals surface area contributed by atoms with Crippen LogP contribution in [0.1, 0.15) is 44.2 Å². The van der Waals surface area contributed by atoms with Crippen LogP contribution in [0.15, 0.2) is 18.2 Å². The van der Waals surface area contributed by atoms with Crippen LogP contribution < -0.4 is 10.1 Å². The van der Waals surface area contributed by atoms with Crippen LogP contribution in [0.4, 0.5) is 4.39 Å². The molecule has 1 fully saturated rings. The summed E-state index contributed by atoms with van der Waals surface area (Å²) in [5.41, 5.74) is 0.786. The van der Waals surface area contributed by atoms with E-state index in [0.29, 0.717) is 11.7 Å². The highest BCUT2D eigenvalue weighted by molar-refractivity contribution is 5.31. The van der Waals surface area contributed by atoms with Gasteiger partial charge in [-0.3, -0.25) is 0 Å². The van der Waals surface area contributed by atoms with Gasteiger partial charge in [0.1, 0.15) is 11.6 Å². The molecule has 1 aliphatic rings. The summed E-state index contributed by atoms with van der Waals surface area (Å²) < 4.78 is 19.2. The lowest BCUT2D eigenvalue weighted by molar-refractivity contribution is 0.227. The molecule has 18 heavy (non-hydrogen) atoms. The SMILES string of the molecule is CCCNC(c1ccc(OC)cc1F)C1CCC1. The first kappa shape index (κ1) is 13.3. The third kappa shape index (κ3) is 2.83. The van der Waals surface area contributed by atoms with Crippen LogP contribution >= 0.6 is 0 Å². The fourth-order valence-corrected chi connectivity index (χ4v) is 2.49. The van der Waals surface area contributed by atoms with Crippen LogP contribution in [-0.4, -0.2) is 13.7 Å². The van der Waals surface area contributed by atoms with Crippen molar-refractivity contribution in [2.45, 2.75) is 38.6 Å². The van der Waals surface area contributed by atoms with Gasteiger partial charge in [-0.2, -0.15) is 0 Å². The Kier molecular flexibility index (Phi) is 4.59. The van der Waals surface area contributed by atoms with E-state index in [1.807, 2.05) is 12.1 Å². The molecule has 2 nitrogen and oxygen atoms in total. The second-order valence-corrected chi connectivity index (χ2v) is 5.01. The Labute approximate surface area is 109 Å². The molecule has 1 aromatic rings. The zero-order chi connectivity index (χ0) is 13.0. The highest BCUT2D eigenvalue weighted by atomic mass is 19.1. The zero-order valence-corrected chi connectivity index (χ0v) is 11.2. The molecule has 1 aliphatic carbocycles. The topological polar surface area (TPSA) is 21.3 Å². The molecule has 0 aromatic heterocycles. The van der Waals surface area contributed by atoms with Gasteiger partial charge in [0.2, 0.25) is 0 Å². The number of methoxy groups -OCH3 is 1. The zero-order valence-electron chi connectivity index (χ0n) is 11.2. The summed E-state index contributed by atoms with van der Waals surface area (Å²) in [6.07, 6.45) is 4.74. The molecule has 0 bridgehead atoms. The number of hydrogen-bond donors (Lipinski definition) is 1. The molecule has 1 aromatic carbocycles. The molecule has 0 spiro atoms. The largest absolute Gasteiger partial charge is 0.497 e. The molecule has 0 aliphatic heterocycles. The highest BCUT2D eigenvalue weighted by Crippen LogP contribution is 2.39. The van der Waals surface area contributed by atoms with E-state index < -0.39 is 0 Å². The lowest BCUT2D eigenvalue weighted by Gasteiger charge is -2.35.